The van der Waals surface area contributed by atoms with Crippen LogP contribution in [-0.2, 0) is 4.79 Å². The molecule has 0 aliphatic carbocycles. The number of halogens is 1. The van der Waals surface area contributed by atoms with Gasteiger partial charge in [0.2, 0.25) is 5.95 Å². The standard InChI is InChI=1S/C25H22FN5O2/c26-19-13-11-18(12-14-19)22-15-21(17-7-3-1-4-8-17)27-25-29-24(30-31(22)25)28-23(32)16-33-20-9-5-2-6-10-20/h1-14,21-22H,15-16H2,(H2,27,28,29,30,32). The van der Waals surface area contributed by atoms with Gasteiger partial charge in [-0.2, -0.15) is 4.98 Å². The Balaban J connectivity index is 1.38. The maximum Gasteiger partial charge on any atom is 0.264 e. The molecule has 0 fully saturated rings. The number of hydrogen-bond acceptors (Lipinski definition) is 5. The van der Waals surface area contributed by atoms with Crippen molar-refractivity contribution in [1.82, 2.24) is 14.8 Å². The lowest BCUT2D eigenvalue weighted by Crippen LogP contribution is -2.28. The molecule has 0 bridgehead atoms. The quantitative estimate of drug-likeness (QED) is 0.456. The molecule has 0 saturated heterocycles. The first kappa shape index (κ1) is 20.7. The summed E-state index contributed by atoms with van der Waals surface area (Å²) in [5.74, 6) is 0.661. The Morgan fingerprint density at radius 3 is 2.42 bits per heavy atom. The van der Waals surface area contributed by atoms with E-state index in [0.717, 1.165) is 11.1 Å². The average Bonchev–Trinajstić information content (AvgIpc) is 3.26. The summed E-state index contributed by atoms with van der Waals surface area (Å²) in [5, 5.41) is 10.6. The van der Waals surface area contributed by atoms with Crippen LogP contribution in [-0.4, -0.2) is 27.3 Å². The fraction of sp³-hybridized carbons (Fsp3) is 0.160. The van der Waals surface area contributed by atoms with E-state index in [1.807, 2.05) is 36.4 Å². The van der Waals surface area contributed by atoms with Gasteiger partial charge in [-0.3, -0.25) is 10.1 Å². The van der Waals surface area contributed by atoms with Crippen LogP contribution in [0.3, 0.4) is 0 Å². The van der Waals surface area contributed by atoms with Crippen LogP contribution in [0.25, 0.3) is 0 Å². The van der Waals surface area contributed by atoms with Gasteiger partial charge in [0.15, 0.2) is 6.61 Å². The van der Waals surface area contributed by atoms with Crippen molar-refractivity contribution in [2.75, 3.05) is 17.2 Å². The van der Waals surface area contributed by atoms with Crippen LogP contribution < -0.4 is 15.4 Å². The predicted octanol–water partition coefficient (Wildman–Crippen LogP) is 4.58. The van der Waals surface area contributed by atoms with Gasteiger partial charge in [-0.25, -0.2) is 9.07 Å². The fourth-order valence-electron chi connectivity index (χ4n) is 3.92. The van der Waals surface area contributed by atoms with E-state index in [0.29, 0.717) is 18.1 Å². The van der Waals surface area contributed by atoms with Gasteiger partial charge in [0, 0.05) is 0 Å². The van der Waals surface area contributed by atoms with Gasteiger partial charge in [0.05, 0.1) is 12.1 Å². The first-order valence-electron chi connectivity index (χ1n) is 10.7. The highest BCUT2D eigenvalue weighted by Gasteiger charge is 2.31. The monoisotopic (exact) mass is 443 g/mol. The summed E-state index contributed by atoms with van der Waals surface area (Å²) in [7, 11) is 0. The Labute approximate surface area is 190 Å². The molecule has 2 atom stereocenters. The number of carbonyl (C=O) groups is 1. The van der Waals surface area contributed by atoms with Gasteiger partial charge < -0.3 is 10.1 Å². The topological polar surface area (TPSA) is 81.1 Å². The van der Waals surface area contributed by atoms with Gasteiger partial charge in [0.1, 0.15) is 11.6 Å². The van der Waals surface area contributed by atoms with Crippen molar-refractivity contribution in [1.29, 1.82) is 0 Å². The van der Waals surface area contributed by atoms with Crippen LogP contribution in [0.15, 0.2) is 84.9 Å². The van der Waals surface area contributed by atoms with Crippen molar-refractivity contribution in [3.05, 3.63) is 102 Å². The van der Waals surface area contributed by atoms with Crippen molar-refractivity contribution in [3.63, 3.8) is 0 Å². The number of fused-ring (bicyclic) bond motifs is 1. The van der Waals surface area contributed by atoms with Crippen molar-refractivity contribution in [2.24, 2.45) is 0 Å². The number of para-hydroxylation sites is 1. The molecule has 2 unspecified atom stereocenters. The molecule has 0 saturated carbocycles. The second-order valence-corrected chi connectivity index (χ2v) is 7.76. The first-order valence-corrected chi connectivity index (χ1v) is 10.7. The number of carbonyl (C=O) groups excluding carboxylic acids is 1. The minimum atomic E-state index is -0.361. The van der Waals surface area contributed by atoms with Crippen LogP contribution in [0.5, 0.6) is 5.75 Å². The summed E-state index contributed by atoms with van der Waals surface area (Å²) >= 11 is 0. The fourth-order valence-corrected chi connectivity index (χ4v) is 3.92. The lowest BCUT2D eigenvalue weighted by atomic mass is 9.93. The van der Waals surface area contributed by atoms with Crippen LogP contribution in [0.2, 0.25) is 0 Å². The normalized spacial score (nSPS) is 17.0. The lowest BCUT2D eigenvalue weighted by Gasteiger charge is -2.31. The van der Waals surface area contributed by atoms with E-state index in [2.05, 4.69) is 32.8 Å². The molecule has 0 radical (unpaired) electrons. The SMILES string of the molecule is O=C(COc1ccccc1)Nc1nc2n(n1)C(c1ccc(F)cc1)CC(c1ccccc1)N2. The molecular weight excluding hydrogens is 421 g/mol. The number of aromatic nitrogens is 3. The molecule has 0 spiro atoms. The third-order valence-electron chi connectivity index (χ3n) is 5.51. The number of amides is 1. The summed E-state index contributed by atoms with van der Waals surface area (Å²) in [6, 6.07) is 25.4. The molecule has 1 aliphatic rings. The highest BCUT2D eigenvalue weighted by molar-refractivity contribution is 5.90. The number of benzene rings is 3. The zero-order valence-electron chi connectivity index (χ0n) is 17.7. The van der Waals surface area contributed by atoms with Gasteiger partial charge in [-0.1, -0.05) is 60.7 Å². The number of nitrogens with one attached hydrogen (secondary N) is 2. The third-order valence-corrected chi connectivity index (χ3v) is 5.51. The number of nitrogens with zero attached hydrogens (tertiary/aromatic N) is 3. The van der Waals surface area contributed by atoms with Crippen LogP contribution in [0.1, 0.15) is 29.6 Å². The number of ether oxygens (including phenoxy) is 1. The molecule has 5 rings (SSSR count). The van der Waals surface area contributed by atoms with Crippen LogP contribution in [0, 0.1) is 5.82 Å². The second-order valence-electron chi connectivity index (χ2n) is 7.76. The van der Waals surface area contributed by atoms with E-state index < -0.39 is 0 Å². The summed E-state index contributed by atoms with van der Waals surface area (Å²) in [5.41, 5.74) is 2.02. The van der Waals surface area contributed by atoms with E-state index in [1.54, 1.807) is 28.9 Å². The average molecular weight is 443 g/mol. The molecule has 7 nitrogen and oxygen atoms in total. The van der Waals surface area contributed by atoms with Gasteiger partial charge in [-0.15, -0.1) is 5.10 Å². The minimum Gasteiger partial charge on any atom is -0.484 e. The van der Waals surface area contributed by atoms with E-state index >= 15 is 0 Å². The number of hydrogen-bond donors (Lipinski definition) is 2. The van der Waals surface area contributed by atoms with E-state index in [1.165, 1.54) is 12.1 Å². The third kappa shape index (κ3) is 4.69. The van der Waals surface area contributed by atoms with E-state index in [4.69, 9.17) is 4.74 Å². The Kier molecular flexibility index (Phi) is 5.72. The van der Waals surface area contributed by atoms with E-state index in [-0.39, 0.29) is 36.4 Å². The van der Waals surface area contributed by atoms with Crippen molar-refractivity contribution < 1.29 is 13.9 Å². The number of anilines is 2. The first-order chi connectivity index (χ1) is 16.2. The summed E-state index contributed by atoms with van der Waals surface area (Å²) in [4.78, 5) is 16.9. The van der Waals surface area contributed by atoms with Crippen molar-refractivity contribution in [3.8, 4) is 5.75 Å². The predicted molar refractivity (Wildman–Crippen MR) is 123 cm³/mol. The maximum atomic E-state index is 13.5. The molecule has 2 heterocycles. The zero-order chi connectivity index (χ0) is 22.6. The molecule has 8 heteroatoms. The van der Waals surface area contributed by atoms with Gasteiger partial charge in [-0.05, 0) is 41.8 Å². The Morgan fingerprint density at radius 2 is 1.70 bits per heavy atom. The minimum absolute atomic E-state index is 0.0112. The van der Waals surface area contributed by atoms with Crippen LogP contribution in [0.4, 0.5) is 16.3 Å². The van der Waals surface area contributed by atoms with Crippen molar-refractivity contribution in [2.45, 2.75) is 18.5 Å². The molecule has 4 aromatic rings. The largest absolute Gasteiger partial charge is 0.484 e. The van der Waals surface area contributed by atoms with Crippen LogP contribution >= 0.6 is 0 Å². The molecule has 33 heavy (non-hydrogen) atoms. The van der Waals surface area contributed by atoms with E-state index in [9.17, 15) is 9.18 Å². The van der Waals surface area contributed by atoms with Gasteiger partial charge in [0.25, 0.3) is 11.9 Å². The van der Waals surface area contributed by atoms with Crippen molar-refractivity contribution >= 4 is 17.8 Å². The summed E-state index contributed by atoms with van der Waals surface area (Å²) in [6.07, 6.45) is 0.691. The summed E-state index contributed by atoms with van der Waals surface area (Å²) in [6.45, 7) is -0.157. The number of rotatable bonds is 6. The van der Waals surface area contributed by atoms with Gasteiger partial charge >= 0.3 is 0 Å². The molecule has 1 aromatic heterocycles. The highest BCUT2D eigenvalue weighted by atomic mass is 19.1. The Morgan fingerprint density at radius 1 is 1.00 bits per heavy atom. The highest BCUT2D eigenvalue weighted by Crippen LogP contribution is 2.38. The Hall–Kier alpha value is -4.20. The zero-order valence-corrected chi connectivity index (χ0v) is 17.7. The molecule has 1 aliphatic heterocycles. The molecule has 2 N–H and O–H groups in total. The summed E-state index contributed by atoms with van der Waals surface area (Å²) < 4.78 is 20.8. The Bertz CT molecular complexity index is 1230. The lowest BCUT2D eigenvalue weighted by molar-refractivity contribution is -0.118. The molecular formula is C25H22FN5O2. The molecule has 3 aromatic carbocycles. The second kappa shape index (κ2) is 9.12. The molecule has 166 valence electrons. The smallest absolute Gasteiger partial charge is 0.264 e. The maximum absolute atomic E-state index is 13.5. The molecule has 1 amide bonds.